The number of rotatable bonds is 6. The Morgan fingerprint density at radius 2 is 1.56 bits per heavy atom. The minimum atomic E-state index is 0.618. The zero-order chi connectivity index (χ0) is 26.7. The van der Waals surface area contributed by atoms with E-state index in [0.29, 0.717) is 12.0 Å². The molecule has 208 valence electrons. The number of fused-ring (bicyclic) bond motifs is 3. The van der Waals surface area contributed by atoms with Crippen LogP contribution in [-0.2, 0) is 11.8 Å². The Bertz CT molecular complexity index is 1340. The van der Waals surface area contributed by atoms with Crippen LogP contribution >= 0.6 is 0 Å². The van der Waals surface area contributed by atoms with Crippen LogP contribution in [0.15, 0.2) is 30.3 Å². The molecule has 2 atom stereocenters. The summed E-state index contributed by atoms with van der Waals surface area (Å²) in [6.07, 6.45) is 7.99. The van der Waals surface area contributed by atoms with Crippen molar-refractivity contribution >= 4 is 11.0 Å². The minimum Gasteiger partial charge on any atom is -0.493 e. The van der Waals surface area contributed by atoms with Gasteiger partial charge in [0.25, 0.3) is 0 Å². The van der Waals surface area contributed by atoms with E-state index in [1.807, 2.05) is 12.1 Å². The van der Waals surface area contributed by atoms with Crippen LogP contribution in [0, 0.1) is 6.92 Å². The zero-order valence-electron chi connectivity index (χ0n) is 23.9. The molecule has 4 saturated heterocycles. The summed E-state index contributed by atoms with van der Waals surface area (Å²) in [6.45, 7) is 6.57. The molecule has 0 aliphatic carbocycles. The number of hydrogen-bond acceptors (Lipinski definition) is 6. The van der Waals surface area contributed by atoms with Gasteiger partial charge in [0, 0.05) is 30.7 Å². The molecule has 1 aromatic heterocycles. The molecule has 0 radical (unpaired) electrons. The molecule has 2 unspecified atom stereocenters. The number of likely N-dealkylation sites (tertiary alicyclic amines) is 1. The Kier molecular flexibility index (Phi) is 6.57. The van der Waals surface area contributed by atoms with E-state index in [1.54, 1.807) is 14.2 Å². The quantitative estimate of drug-likeness (QED) is 0.440. The van der Waals surface area contributed by atoms with Crippen molar-refractivity contribution < 1.29 is 14.2 Å². The van der Waals surface area contributed by atoms with Crippen molar-refractivity contribution in [2.75, 3.05) is 40.5 Å². The number of piperidine rings is 2. The largest absolute Gasteiger partial charge is 0.493 e. The molecule has 0 amide bonds. The summed E-state index contributed by atoms with van der Waals surface area (Å²) in [5.74, 6) is 3.03. The SMILES string of the molecule is COc1ccc(-c2nc3c(C)cc(C4CCN(C5CC6CCC(C5)N6C5COC5)CC4)cc3n2C)cc1OC. The Hall–Kier alpha value is -2.61. The van der Waals surface area contributed by atoms with E-state index in [1.165, 1.54) is 68.3 Å². The number of aromatic nitrogens is 2. The Balaban J connectivity index is 1.07. The number of hydrogen-bond donors (Lipinski definition) is 0. The van der Waals surface area contributed by atoms with E-state index < -0.39 is 0 Å². The third-order valence-electron chi connectivity index (χ3n) is 10.2. The Morgan fingerprint density at radius 1 is 0.846 bits per heavy atom. The Labute approximate surface area is 232 Å². The first-order valence-electron chi connectivity index (χ1n) is 14.8. The maximum atomic E-state index is 5.55. The third kappa shape index (κ3) is 4.34. The smallest absolute Gasteiger partial charge is 0.161 e. The second-order valence-corrected chi connectivity index (χ2v) is 12.2. The molecule has 4 aliphatic heterocycles. The highest BCUT2D eigenvalue weighted by Crippen LogP contribution is 2.42. The van der Waals surface area contributed by atoms with E-state index in [-0.39, 0.29) is 0 Å². The highest BCUT2D eigenvalue weighted by molar-refractivity contribution is 5.84. The van der Waals surface area contributed by atoms with E-state index in [9.17, 15) is 0 Å². The van der Waals surface area contributed by atoms with Crippen LogP contribution in [0.1, 0.15) is 55.6 Å². The Morgan fingerprint density at radius 3 is 2.21 bits per heavy atom. The molecule has 7 rings (SSSR count). The molecule has 7 heteroatoms. The fourth-order valence-corrected chi connectivity index (χ4v) is 8.03. The lowest BCUT2D eigenvalue weighted by Crippen LogP contribution is -2.59. The van der Waals surface area contributed by atoms with Gasteiger partial charge in [-0.1, -0.05) is 6.07 Å². The molecule has 2 aromatic carbocycles. The fourth-order valence-electron chi connectivity index (χ4n) is 8.03. The molecule has 5 heterocycles. The molecular weight excluding hydrogens is 488 g/mol. The van der Waals surface area contributed by atoms with Gasteiger partial charge in [0.1, 0.15) is 5.82 Å². The van der Waals surface area contributed by atoms with Crippen molar-refractivity contribution in [1.29, 1.82) is 0 Å². The monoisotopic (exact) mass is 530 g/mol. The van der Waals surface area contributed by atoms with Crippen LogP contribution in [0.2, 0.25) is 0 Å². The summed E-state index contributed by atoms with van der Waals surface area (Å²) in [4.78, 5) is 10.7. The lowest BCUT2D eigenvalue weighted by molar-refractivity contribution is -0.100. The van der Waals surface area contributed by atoms with Gasteiger partial charge in [0.05, 0.1) is 44.5 Å². The van der Waals surface area contributed by atoms with Gasteiger partial charge in [-0.2, -0.15) is 0 Å². The number of imidazole rings is 1. The second kappa shape index (κ2) is 10.1. The molecule has 0 saturated carbocycles. The molecule has 7 nitrogen and oxygen atoms in total. The first kappa shape index (κ1) is 25.4. The van der Waals surface area contributed by atoms with Gasteiger partial charge in [-0.05, 0) is 99.8 Å². The molecular formula is C32H42N4O3. The summed E-state index contributed by atoms with van der Waals surface area (Å²) < 4.78 is 18.8. The van der Waals surface area contributed by atoms with Gasteiger partial charge >= 0.3 is 0 Å². The lowest BCUT2D eigenvalue weighted by Gasteiger charge is -2.49. The second-order valence-electron chi connectivity index (χ2n) is 12.2. The van der Waals surface area contributed by atoms with E-state index in [4.69, 9.17) is 19.2 Å². The normalized spacial score (nSPS) is 26.7. The van der Waals surface area contributed by atoms with E-state index in [0.717, 1.165) is 59.7 Å². The van der Waals surface area contributed by atoms with Crippen molar-refractivity contribution in [1.82, 2.24) is 19.4 Å². The molecule has 2 bridgehead atoms. The van der Waals surface area contributed by atoms with Crippen LogP contribution in [-0.4, -0.2) is 84.0 Å². The van der Waals surface area contributed by atoms with Gasteiger partial charge in [0.2, 0.25) is 0 Å². The maximum absolute atomic E-state index is 5.55. The van der Waals surface area contributed by atoms with Crippen LogP contribution in [0.4, 0.5) is 0 Å². The average Bonchev–Trinajstić information content (AvgIpc) is 3.38. The first-order chi connectivity index (χ1) is 19.0. The van der Waals surface area contributed by atoms with E-state index >= 15 is 0 Å². The average molecular weight is 531 g/mol. The summed E-state index contributed by atoms with van der Waals surface area (Å²) in [6, 6.07) is 13.9. The fraction of sp³-hybridized carbons (Fsp3) is 0.594. The highest BCUT2D eigenvalue weighted by Gasteiger charge is 2.47. The van der Waals surface area contributed by atoms with Gasteiger partial charge in [-0.25, -0.2) is 4.98 Å². The van der Waals surface area contributed by atoms with Crippen LogP contribution in [0.3, 0.4) is 0 Å². The van der Waals surface area contributed by atoms with Crippen LogP contribution in [0.5, 0.6) is 11.5 Å². The minimum absolute atomic E-state index is 0.618. The molecule has 3 aromatic rings. The molecule has 39 heavy (non-hydrogen) atoms. The molecule has 4 fully saturated rings. The topological polar surface area (TPSA) is 52.0 Å². The van der Waals surface area contributed by atoms with Gasteiger partial charge in [-0.3, -0.25) is 4.90 Å². The van der Waals surface area contributed by atoms with Crippen molar-refractivity contribution in [3.63, 3.8) is 0 Å². The first-order valence-corrected chi connectivity index (χ1v) is 14.8. The van der Waals surface area contributed by atoms with Crippen molar-refractivity contribution in [2.45, 2.75) is 75.5 Å². The van der Waals surface area contributed by atoms with Crippen LogP contribution < -0.4 is 9.47 Å². The number of aryl methyl sites for hydroxylation is 2. The zero-order valence-corrected chi connectivity index (χ0v) is 23.9. The van der Waals surface area contributed by atoms with E-state index in [2.05, 4.69) is 46.5 Å². The summed E-state index contributed by atoms with van der Waals surface area (Å²) in [7, 11) is 5.47. The number of methoxy groups -OCH3 is 2. The van der Waals surface area contributed by atoms with Crippen LogP contribution in [0.25, 0.3) is 22.4 Å². The van der Waals surface area contributed by atoms with Gasteiger partial charge in [-0.15, -0.1) is 0 Å². The van der Waals surface area contributed by atoms with Gasteiger partial charge < -0.3 is 23.7 Å². The molecule has 4 aliphatic rings. The third-order valence-corrected chi connectivity index (χ3v) is 10.2. The number of nitrogens with zero attached hydrogens (tertiary/aromatic N) is 4. The van der Waals surface area contributed by atoms with Crippen molar-refractivity contribution in [3.05, 3.63) is 41.5 Å². The predicted molar refractivity (Wildman–Crippen MR) is 154 cm³/mol. The number of ether oxygens (including phenoxy) is 3. The summed E-state index contributed by atoms with van der Waals surface area (Å²) in [5.41, 5.74) is 6.06. The highest BCUT2D eigenvalue weighted by atomic mass is 16.5. The summed E-state index contributed by atoms with van der Waals surface area (Å²) >= 11 is 0. The summed E-state index contributed by atoms with van der Waals surface area (Å²) in [5, 5.41) is 0. The standard InChI is InChI=1S/C32H42N4O3/c1-20-13-23(14-28-31(20)33-32(34(28)2)22-5-8-29(37-3)30(15-22)38-4)21-9-11-35(12-10-21)26-16-24-6-7-25(17-26)36(24)27-18-39-19-27/h5,8,13-15,21,24-27H,6-7,9-12,16-19H2,1-4H3. The van der Waals surface area contributed by atoms with Gasteiger partial charge in [0.15, 0.2) is 11.5 Å². The molecule has 0 N–H and O–H groups in total. The maximum Gasteiger partial charge on any atom is 0.161 e. The van der Waals surface area contributed by atoms with Crippen molar-refractivity contribution in [2.24, 2.45) is 7.05 Å². The lowest BCUT2D eigenvalue weighted by atomic mass is 9.86. The number of benzene rings is 2. The van der Waals surface area contributed by atoms with Crippen molar-refractivity contribution in [3.8, 4) is 22.9 Å². The molecule has 0 spiro atoms. The predicted octanol–water partition coefficient (Wildman–Crippen LogP) is 5.14.